The van der Waals surface area contributed by atoms with E-state index in [9.17, 15) is 9.90 Å². The van der Waals surface area contributed by atoms with E-state index in [1.807, 2.05) is 32.0 Å². The van der Waals surface area contributed by atoms with E-state index in [1.54, 1.807) is 41.4 Å². The summed E-state index contributed by atoms with van der Waals surface area (Å²) in [4.78, 5) is 22.7. The molecule has 0 atom stereocenters. The molecule has 0 spiro atoms. The number of aromatic hydroxyl groups is 1. The molecule has 0 bridgehead atoms. The first kappa shape index (κ1) is 22.2. The van der Waals surface area contributed by atoms with E-state index in [4.69, 9.17) is 11.6 Å². The van der Waals surface area contributed by atoms with Gasteiger partial charge in [-0.3, -0.25) is 4.98 Å². The SMILES string of the molecule is Cc1ccc(-c2ccc(F)c(-c3c(O)[n+](Cc4cnc(Cl)s4)c4c(C)cccn4c3=O)c2)cn1. The highest BCUT2D eigenvalue weighted by Crippen LogP contribution is 2.31. The van der Waals surface area contributed by atoms with Gasteiger partial charge in [0.15, 0.2) is 10.0 Å². The van der Waals surface area contributed by atoms with E-state index < -0.39 is 11.4 Å². The minimum absolute atomic E-state index is 0.00701. The number of pyridine rings is 2. The molecule has 170 valence electrons. The van der Waals surface area contributed by atoms with Gasteiger partial charge < -0.3 is 5.11 Å². The highest BCUT2D eigenvalue weighted by atomic mass is 35.5. The van der Waals surface area contributed by atoms with Gasteiger partial charge in [-0.25, -0.2) is 14.2 Å². The van der Waals surface area contributed by atoms with Crippen molar-refractivity contribution in [3.05, 3.63) is 97.8 Å². The maximum absolute atomic E-state index is 15.1. The lowest BCUT2D eigenvalue weighted by Crippen LogP contribution is -2.41. The van der Waals surface area contributed by atoms with E-state index in [0.29, 0.717) is 15.7 Å². The van der Waals surface area contributed by atoms with E-state index in [-0.39, 0.29) is 23.6 Å². The Labute approximate surface area is 203 Å². The molecule has 1 aromatic carbocycles. The molecule has 0 saturated heterocycles. The second-order valence-corrected chi connectivity index (χ2v) is 9.63. The summed E-state index contributed by atoms with van der Waals surface area (Å²) in [5, 5.41) is 11.4. The van der Waals surface area contributed by atoms with Gasteiger partial charge in [-0.15, -0.1) is 11.3 Å². The number of thiazole rings is 1. The Morgan fingerprint density at radius 2 is 1.91 bits per heavy atom. The van der Waals surface area contributed by atoms with Crippen molar-refractivity contribution < 1.29 is 14.1 Å². The van der Waals surface area contributed by atoms with Gasteiger partial charge in [0.2, 0.25) is 0 Å². The molecule has 5 aromatic rings. The molecule has 0 fully saturated rings. The maximum Gasteiger partial charge on any atom is 0.354 e. The zero-order chi connectivity index (χ0) is 24.0. The third kappa shape index (κ3) is 3.85. The van der Waals surface area contributed by atoms with Crippen molar-refractivity contribution in [3.63, 3.8) is 0 Å². The molecule has 0 aliphatic rings. The van der Waals surface area contributed by atoms with Crippen LogP contribution in [-0.2, 0) is 6.54 Å². The lowest BCUT2D eigenvalue weighted by molar-refractivity contribution is -0.671. The molecule has 0 amide bonds. The standard InChI is InChI=1S/C25H18ClFN4O2S/c1-14-4-3-9-30-22(14)31(13-18-12-29-25(26)34-18)24(33)21(23(30)32)19-10-16(7-8-20(19)27)17-6-5-15(2)28-11-17/h3-12H,13H2,1-2H3/p+1. The number of halogens is 2. The summed E-state index contributed by atoms with van der Waals surface area (Å²) < 4.78 is 18.5. The van der Waals surface area contributed by atoms with Crippen molar-refractivity contribution in [1.82, 2.24) is 14.4 Å². The summed E-state index contributed by atoms with van der Waals surface area (Å²) in [7, 11) is 0. The number of aryl methyl sites for hydroxylation is 2. The van der Waals surface area contributed by atoms with E-state index >= 15 is 4.39 Å². The third-order valence-corrected chi connectivity index (χ3v) is 6.75. The smallest absolute Gasteiger partial charge is 0.354 e. The third-order valence-electron chi connectivity index (χ3n) is 5.65. The van der Waals surface area contributed by atoms with Gasteiger partial charge in [0.1, 0.15) is 12.4 Å². The molecule has 0 aliphatic carbocycles. The first-order chi connectivity index (χ1) is 16.3. The fourth-order valence-corrected chi connectivity index (χ4v) is 4.97. The van der Waals surface area contributed by atoms with Crippen LogP contribution in [0.15, 0.2) is 65.8 Å². The molecule has 0 aliphatic heterocycles. The van der Waals surface area contributed by atoms with Crippen molar-refractivity contribution in [1.29, 1.82) is 0 Å². The minimum Gasteiger partial charge on any atom is -0.477 e. The van der Waals surface area contributed by atoms with Crippen LogP contribution < -0.4 is 10.1 Å². The van der Waals surface area contributed by atoms with Crippen molar-refractivity contribution in [2.75, 3.05) is 0 Å². The van der Waals surface area contributed by atoms with Crippen molar-refractivity contribution in [3.8, 4) is 28.1 Å². The molecule has 0 unspecified atom stereocenters. The van der Waals surface area contributed by atoms with E-state index in [2.05, 4.69) is 9.97 Å². The molecule has 34 heavy (non-hydrogen) atoms. The van der Waals surface area contributed by atoms with Crippen LogP contribution >= 0.6 is 22.9 Å². The monoisotopic (exact) mass is 493 g/mol. The van der Waals surface area contributed by atoms with Crippen LogP contribution in [0, 0.1) is 19.7 Å². The maximum atomic E-state index is 15.1. The predicted molar refractivity (Wildman–Crippen MR) is 130 cm³/mol. The van der Waals surface area contributed by atoms with Crippen LogP contribution in [-0.4, -0.2) is 19.5 Å². The quantitative estimate of drug-likeness (QED) is 0.360. The number of hydrogen-bond acceptors (Lipinski definition) is 5. The van der Waals surface area contributed by atoms with Crippen LogP contribution in [0.1, 0.15) is 16.1 Å². The fraction of sp³-hybridized carbons (Fsp3) is 0.120. The van der Waals surface area contributed by atoms with Gasteiger partial charge in [0, 0.05) is 34.8 Å². The Balaban J connectivity index is 1.79. The van der Waals surface area contributed by atoms with Crippen LogP contribution in [0.3, 0.4) is 0 Å². The van der Waals surface area contributed by atoms with Crippen LogP contribution in [0.5, 0.6) is 5.88 Å². The average Bonchev–Trinajstić information content (AvgIpc) is 3.23. The Morgan fingerprint density at radius 1 is 1.12 bits per heavy atom. The number of rotatable bonds is 4. The summed E-state index contributed by atoms with van der Waals surface area (Å²) >= 11 is 7.27. The second-order valence-electron chi connectivity index (χ2n) is 7.94. The zero-order valence-electron chi connectivity index (χ0n) is 18.3. The number of nitrogens with zero attached hydrogens (tertiary/aromatic N) is 4. The van der Waals surface area contributed by atoms with Gasteiger partial charge in [0.25, 0.3) is 11.5 Å². The molecular formula is C25H19ClFN4O2S+. The lowest BCUT2D eigenvalue weighted by atomic mass is 10.00. The Kier molecular flexibility index (Phi) is 5.63. The van der Waals surface area contributed by atoms with Gasteiger partial charge in [-0.1, -0.05) is 23.7 Å². The summed E-state index contributed by atoms with van der Waals surface area (Å²) in [6.07, 6.45) is 4.91. The Bertz CT molecular complexity index is 1610. The van der Waals surface area contributed by atoms with Crippen LogP contribution in [0.25, 0.3) is 27.9 Å². The minimum atomic E-state index is -0.615. The summed E-state index contributed by atoms with van der Waals surface area (Å²) in [5.74, 6) is -0.946. The van der Waals surface area contributed by atoms with Crippen molar-refractivity contribution in [2.45, 2.75) is 20.4 Å². The number of benzene rings is 1. The molecule has 4 heterocycles. The van der Waals surface area contributed by atoms with Gasteiger partial charge >= 0.3 is 5.56 Å². The normalized spacial score (nSPS) is 11.3. The zero-order valence-corrected chi connectivity index (χ0v) is 19.9. The largest absolute Gasteiger partial charge is 0.477 e. The summed E-state index contributed by atoms with van der Waals surface area (Å²) in [6.45, 7) is 3.93. The number of hydrogen-bond donors (Lipinski definition) is 1. The molecular weight excluding hydrogens is 475 g/mol. The molecule has 9 heteroatoms. The van der Waals surface area contributed by atoms with Gasteiger partial charge in [0.05, 0.1) is 11.1 Å². The molecule has 6 nitrogen and oxygen atoms in total. The average molecular weight is 494 g/mol. The molecule has 0 saturated carbocycles. The summed E-state index contributed by atoms with van der Waals surface area (Å²) in [6, 6.07) is 11.8. The highest BCUT2D eigenvalue weighted by molar-refractivity contribution is 7.15. The van der Waals surface area contributed by atoms with E-state index in [0.717, 1.165) is 21.7 Å². The van der Waals surface area contributed by atoms with Gasteiger partial charge in [-0.2, -0.15) is 8.97 Å². The van der Waals surface area contributed by atoms with E-state index in [1.165, 1.54) is 21.8 Å². The molecule has 0 radical (unpaired) electrons. The lowest BCUT2D eigenvalue weighted by Gasteiger charge is -2.12. The van der Waals surface area contributed by atoms with Gasteiger partial charge in [-0.05, 0) is 49.7 Å². The predicted octanol–water partition coefficient (Wildman–Crippen LogP) is 4.94. The number of aromatic nitrogens is 4. The first-order valence-electron chi connectivity index (χ1n) is 10.4. The van der Waals surface area contributed by atoms with Crippen molar-refractivity contribution in [2.24, 2.45) is 0 Å². The molecule has 1 N–H and O–H groups in total. The van der Waals surface area contributed by atoms with Crippen molar-refractivity contribution >= 4 is 28.6 Å². The number of fused-ring (bicyclic) bond motifs is 1. The first-order valence-corrected chi connectivity index (χ1v) is 11.6. The molecule has 4 aromatic heterocycles. The summed E-state index contributed by atoms with van der Waals surface area (Å²) in [5.41, 5.74) is 2.94. The van der Waals surface area contributed by atoms with Crippen LogP contribution in [0.2, 0.25) is 4.47 Å². The topological polar surface area (TPSA) is 71.4 Å². The Hall–Kier alpha value is -3.62. The second kappa shape index (κ2) is 8.62. The fourth-order valence-electron chi connectivity index (χ4n) is 4.00. The highest BCUT2D eigenvalue weighted by Gasteiger charge is 2.28. The molecule has 5 rings (SSSR count). The van der Waals surface area contributed by atoms with Crippen LogP contribution in [0.4, 0.5) is 4.39 Å². The Morgan fingerprint density at radius 3 is 2.62 bits per heavy atom.